The third kappa shape index (κ3) is 12.6. The Morgan fingerprint density at radius 1 is 0.760 bits per heavy atom. The smallest absolute Gasteiger partial charge is 0.261 e. The molecule has 9 rings (SSSR count). The average molecular weight is 1060 g/mol. The zero-order valence-electron chi connectivity index (χ0n) is 43.3. The third-order valence-electron chi connectivity index (χ3n) is 13.5. The van der Waals surface area contributed by atoms with Crippen LogP contribution in [0.3, 0.4) is 0 Å². The second-order valence-electron chi connectivity index (χ2n) is 19.4. The molecule has 0 saturated carbocycles. The summed E-state index contributed by atoms with van der Waals surface area (Å²) in [7, 11) is 8.29. The maximum absolute atomic E-state index is 14.2. The summed E-state index contributed by atoms with van der Waals surface area (Å²) < 4.78 is 41.8. The minimum Gasteiger partial charge on any atom is -0.493 e. The van der Waals surface area contributed by atoms with Gasteiger partial charge < -0.3 is 54.0 Å². The monoisotopic (exact) mass is 1060 g/mol. The quantitative estimate of drug-likeness (QED) is 0.0396. The Balaban J connectivity index is 1.00. The molecule has 3 amide bonds. The Kier molecular flexibility index (Phi) is 17.4. The molecule has 396 valence electrons. The molecular weight excluding hydrogens is 993 g/mol. The minimum atomic E-state index is -0.297. The van der Waals surface area contributed by atoms with Crippen molar-refractivity contribution in [2.75, 3.05) is 99.8 Å². The van der Waals surface area contributed by atoms with E-state index in [9.17, 15) is 14.4 Å². The van der Waals surface area contributed by atoms with Crippen LogP contribution in [0.5, 0.6) is 23.0 Å². The molecule has 16 nitrogen and oxygen atoms in total. The highest BCUT2D eigenvalue weighted by Gasteiger charge is 2.39. The van der Waals surface area contributed by atoms with Gasteiger partial charge in [0.1, 0.15) is 13.2 Å². The number of carbonyl (C=O) groups is 3. The molecule has 0 spiro atoms. The lowest BCUT2D eigenvalue weighted by Crippen LogP contribution is -2.39. The average Bonchev–Trinajstić information content (AvgIpc) is 3.91. The maximum Gasteiger partial charge on any atom is 0.261 e. The van der Waals surface area contributed by atoms with E-state index in [4.69, 9.17) is 43.9 Å². The van der Waals surface area contributed by atoms with Gasteiger partial charge in [-0.05, 0) is 91.4 Å². The molecule has 4 aliphatic heterocycles. The number of hydrogen-bond acceptors (Lipinski definition) is 15. The van der Waals surface area contributed by atoms with Gasteiger partial charge in [-0.3, -0.25) is 24.3 Å². The molecule has 3 N–H and O–H groups in total. The molecule has 4 heterocycles. The van der Waals surface area contributed by atoms with Gasteiger partial charge in [-0.1, -0.05) is 58.0 Å². The van der Waals surface area contributed by atoms with E-state index in [1.807, 2.05) is 58.5 Å². The van der Waals surface area contributed by atoms with E-state index in [0.29, 0.717) is 117 Å². The Morgan fingerprint density at radius 3 is 2.08 bits per heavy atom. The number of amides is 3. The number of methoxy groups -OCH3 is 3. The Morgan fingerprint density at radius 2 is 1.39 bits per heavy atom. The molecule has 0 saturated heterocycles. The van der Waals surface area contributed by atoms with Crippen molar-refractivity contribution in [2.45, 2.75) is 69.6 Å². The van der Waals surface area contributed by atoms with Crippen molar-refractivity contribution in [3.05, 3.63) is 124 Å². The van der Waals surface area contributed by atoms with Crippen LogP contribution in [0.1, 0.15) is 69.7 Å². The number of para-hydroxylation sites is 2. The number of nitrogens with zero attached hydrogens (tertiary/aromatic N) is 4. The summed E-state index contributed by atoms with van der Waals surface area (Å²) in [5.74, 6) is 2.03. The van der Waals surface area contributed by atoms with Crippen molar-refractivity contribution in [1.82, 2.24) is 0 Å². The first-order chi connectivity index (χ1) is 36.4. The number of benzene rings is 5. The van der Waals surface area contributed by atoms with Gasteiger partial charge in [-0.25, -0.2) is 0 Å². The molecule has 0 radical (unpaired) electrons. The number of primary amides is 1. The normalized spacial score (nSPS) is 16.2. The van der Waals surface area contributed by atoms with E-state index in [2.05, 4.69) is 54.4 Å². The van der Waals surface area contributed by atoms with E-state index in [1.165, 1.54) is 0 Å². The molecule has 75 heavy (non-hydrogen) atoms. The third-order valence-corrected chi connectivity index (χ3v) is 16.8. The van der Waals surface area contributed by atoms with E-state index in [0.717, 1.165) is 51.5 Å². The second-order valence-corrected chi connectivity index (χ2v) is 22.5. The molecule has 2 atom stereocenters. The number of anilines is 4. The lowest BCUT2D eigenvalue weighted by Gasteiger charge is -2.34. The van der Waals surface area contributed by atoms with Gasteiger partial charge in [0, 0.05) is 85.5 Å². The zero-order valence-corrected chi connectivity index (χ0v) is 44.9. The van der Waals surface area contributed by atoms with Gasteiger partial charge in [0.25, 0.3) is 11.8 Å². The standard InChI is InChI=1S/C57H66N6O10S2/c1-57(2,75-74-22-10-15-54(58)64)36-61(16-17-70-20-21-71-19-18-67-3)41-24-37(34-72-52-30-46-44(28-50(52)68-4)55(65)62-42(32-59-46)26-39-11-6-8-13-48(39)62)23-38(25-41)35-73-53-31-47-45(29-51(53)69-5)56(66)63-43(33-60-47)27-40-12-7-9-14-49(40)63/h6-9,11-14,23-25,28-32,42-43,60H,10,15-22,26-27,33-36H2,1-5H3,(H2,58,64)/t42-,43-/m0/s1. The Hall–Kier alpha value is -6.44. The maximum atomic E-state index is 14.2. The highest BCUT2D eigenvalue weighted by Crippen LogP contribution is 2.44. The minimum absolute atomic E-state index is 0.0238. The van der Waals surface area contributed by atoms with Gasteiger partial charge in [-0.15, -0.1) is 0 Å². The van der Waals surface area contributed by atoms with Crippen LogP contribution in [0.15, 0.2) is 96.0 Å². The van der Waals surface area contributed by atoms with Crippen molar-refractivity contribution in [3.63, 3.8) is 0 Å². The molecule has 5 aromatic carbocycles. The summed E-state index contributed by atoms with van der Waals surface area (Å²) in [6.45, 7) is 8.82. The van der Waals surface area contributed by atoms with Gasteiger partial charge >= 0.3 is 0 Å². The fourth-order valence-electron chi connectivity index (χ4n) is 9.95. The van der Waals surface area contributed by atoms with Crippen molar-refractivity contribution < 1.29 is 47.5 Å². The van der Waals surface area contributed by atoms with Gasteiger partial charge in [0.15, 0.2) is 23.0 Å². The summed E-state index contributed by atoms with van der Waals surface area (Å²) in [4.78, 5) is 50.8. The SMILES string of the molecule is COCCOCCOCCN(CC(C)(C)SSCCCC(N)=O)c1cc(COc2cc3c(cc2OC)C(=O)N2c4ccccc4C[C@H]2C=N3)cc(COc2cc3c(cc2OC)C(=O)N2c4ccccc4C[C@H]2CN3)c1. The van der Waals surface area contributed by atoms with Crippen LogP contribution < -0.4 is 44.7 Å². The molecule has 0 aromatic heterocycles. The van der Waals surface area contributed by atoms with Gasteiger partial charge in [0.05, 0.1) is 81.8 Å². The molecule has 0 bridgehead atoms. The van der Waals surface area contributed by atoms with Crippen molar-refractivity contribution in [2.24, 2.45) is 10.7 Å². The van der Waals surface area contributed by atoms with Crippen LogP contribution in [0.25, 0.3) is 0 Å². The first-order valence-corrected chi connectivity index (χ1v) is 27.7. The number of rotatable bonds is 26. The van der Waals surface area contributed by atoms with Crippen molar-refractivity contribution in [1.29, 1.82) is 0 Å². The first kappa shape index (κ1) is 53.4. The summed E-state index contributed by atoms with van der Waals surface area (Å²) in [5, 5.41) is 3.54. The van der Waals surface area contributed by atoms with Gasteiger partial charge in [-0.2, -0.15) is 0 Å². The van der Waals surface area contributed by atoms with Crippen LogP contribution in [-0.4, -0.2) is 121 Å². The van der Waals surface area contributed by atoms with Crippen LogP contribution in [0.4, 0.5) is 28.4 Å². The number of fused-ring (bicyclic) bond motifs is 8. The number of nitrogens with two attached hydrogens (primary N) is 1. The summed E-state index contributed by atoms with van der Waals surface area (Å²) in [6.07, 6.45) is 4.36. The Bertz CT molecular complexity index is 2900. The number of nitrogens with one attached hydrogen (secondary N) is 1. The lowest BCUT2D eigenvalue weighted by molar-refractivity contribution is -0.118. The topological polar surface area (TPSA) is 176 Å². The second kappa shape index (κ2) is 24.5. The molecule has 5 aromatic rings. The van der Waals surface area contributed by atoms with E-state index in [-0.39, 0.29) is 47.8 Å². The number of ether oxygens (including phenoxy) is 7. The molecule has 4 aliphatic rings. The van der Waals surface area contributed by atoms with Crippen LogP contribution in [-0.2, 0) is 45.1 Å². The van der Waals surface area contributed by atoms with Crippen LogP contribution in [0.2, 0.25) is 0 Å². The molecule has 0 aliphatic carbocycles. The van der Waals surface area contributed by atoms with E-state index < -0.39 is 0 Å². The molecule has 0 unspecified atom stereocenters. The Labute approximate surface area is 446 Å². The largest absolute Gasteiger partial charge is 0.493 e. The van der Waals surface area contributed by atoms with Crippen molar-refractivity contribution in [3.8, 4) is 23.0 Å². The fraction of sp³-hybridized carbons (Fsp3) is 0.404. The molecule has 18 heteroatoms. The number of carbonyl (C=O) groups excluding carboxylic acids is 3. The van der Waals surface area contributed by atoms with Crippen LogP contribution in [0, 0.1) is 0 Å². The van der Waals surface area contributed by atoms with Crippen LogP contribution >= 0.6 is 21.6 Å². The van der Waals surface area contributed by atoms with Gasteiger partial charge in [0.2, 0.25) is 5.91 Å². The predicted molar refractivity (Wildman–Crippen MR) is 298 cm³/mol. The highest BCUT2D eigenvalue weighted by atomic mass is 33.1. The lowest BCUT2D eigenvalue weighted by atomic mass is 10.1. The summed E-state index contributed by atoms with van der Waals surface area (Å²) in [5.41, 5.74) is 14.3. The number of aliphatic imine (C=N–C) groups is 1. The van der Waals surface area contributed by atoms with E-state index in [1.54, 1.807) is 61.1 Å². The molecular formula is C57H66N6O10S2. The summed E-state index contributed by atoms with van der Waals surface area (Å²) in [6, 6.07) is 29.2. The van der Waals surface area contributed by atoms with E-state index >= 15 is 0 Å². The first-order valence-electron chi connectivity index (χ1n) is 25.4. The number of hydrogen-bond donors (Lipinski definition) is 2. The fourth-order valence-corrected chi connectivity index (χ4v) is 12.5. The van der Waals surface area contributed by atoms with Crippen molar-refractivity contribution >= 4 is 74.0 Å². The predicted octanol–water partition coefficient (Wildman–Crippen LogP) is 9.06. The molecule has 0 fully saturated rings. The summed E-state index contributed by atoms with van der Waals surface area (Å²) >= 11 is 0. The zero-order chi connectivity index (χ0) is 52.5. The highest BCUT2D eigenvalue weighted by molar-refractivity contribution is 8.77.